The van der Waals surface area contributed by atoms with E-state index in [1.54, 1.807) is 11.8 Å². The number of anilines is 1. The molecule has 0 aliphatic heterocycles. The van der Waals surface area contributed by atoms with Crippen LogP contribution in [0.1, 0.15) is 42.0 Å². The van der Waals surface area contributed by atoms with Gasteiger partial charge in [-0.25, -0.2) is 0 Å². The number of carbonyl (C=O) groups excluding carboxylic acids is 1. The second kappa shape index (κ2) is 10.3. The van der Waals surface area contributed by atoms with Crippen LogP contribution < -0.4 is 5.32 Å². The first-order chi connectivity index (χ1) is 13.9. The average Bonchev–Trinajstić information content (AvgIpc) is 3.16. The van der Waals surface area contributed by atoms with Gasteiger partial charge >= 0.3 is 0 Å². The van der Waals surface area contributed by atoms with Gasteiger partial charge in [0.2, 0.25) is 5.91 Å². The number of hydrogen-bond acceptors (Lipinski definition) is 6. The minimum absolute atomic E-state index is 0.0293. The van der Waals surface area contributed by atoms with E-state index >= 15 is 0 Å². The molecule has 0 bridgehead atoms. The number of nitrogens with zero attached hydrogens (tertiary/aromatic N) is 2. The number of thioether (sulfide) groups is 2. The first kappa shape index (κ1) is 21.9. The highest BCUT2D eigenvalue weighted by atomic mass is 32.2. The fraction of sp³-hybridized carbons (Fsp3) is 0.318. The molecule has 0 spiro atoms. The minimum Gasteiger partial charge on any atom is -0.325 e. The maximum absolute atomic E-state index is 12.3. The molecule has 0 saturated heterocycles. The Labute approximate surface area is 184 Å². The van der Waals surface area contributed by atoms with E-state index in [-0.39, 0.29) is 5.91 Å². The van der Waals surface area contributed by atoms with Crippen molar-refractivity contribution in [3.63, 3.8) is 0 Å². The maximum atomic E-state index is 12.3. The van der Waals surface area contributed by atoms with Gasteiger partial charge in [0.1, 0.15) is 0 Å². The third kappa shape index (κ3) is 6.59. The molecule has 0 atom stereocenters. The molecule has 7 heteroatoms. The van der Waals surface area contributed by atoms with Crippen LogP contribution in [-0.4, -0.2) is 21.9 Å². The Hall–Kier alpha value is -1.83. The van der Waals surface area contributed by atoms with Crippen LogP contribution in [0.25, 0.3) is 0 Å². The lowest BCUT2D eigenvalue weighted by molar-refractivity contribution is -0.113. The van der Waals surface area contributed by atoms with Gasteiger partial charge in [0.25, 0.3) is 0 Å². The molecule has 29 heavy (non-hydrogen) atoms. The molecule has 3 rings (SSSR count). The summed E-state index contributed by atoms with van der Waals surface area (Å²) >= 11 is 4.64. The number of amides is 1. The average molecular weight is 444 g/mol. The zero-order valence-corrected chi connectivity index (χ0v) is 19.5. The maximum Gasteiger partial charge on any atom is 0.234 e. The summed E-state index contributed by atoms with van der Waals surface area (Å²) < 4.78 is 1.74. The predicted molar refractivity (Wildman–Crippen MR) is 125 cm³/mol. The van der Waals surface area contributed by atoms with Crippen LogP contribution in [0, 0.1) is 13.8 Å². The lowest BCUT2D eigenvalue weighted by Crippen LogP contribution is -2.14. The number of benzene rings is 2. The van der Waals surface area contributed by atoms with E-state index in [0.29, 0.717) is 11.7 Å². The van der Waals surface area contributed by atoms with Crippen LogP contribution in [0.15, 0.2) is 51.1 Å². The molecule has 1 amide bonds. The van der Waals surface area contributed by atoms with Crippen molar-refractivity contribution in [2.45, 2.75) is 48.0 Å². The van der Waals surface area contributed by atoms with E-state index in [0.717, 1.165) is 31.2 Å². The van der Waals surface area contributed by atoms with Crippen molar-refractivity contribution < 1.29 is 4.79 Å². The van der Waals surface area contributed by atoms with Gasteiger partial charge < -0.3 is 5.32 Å². The Kier molecular flexibility index (Phi) is 7.75. The standard InChI is InChI=1S/C22H25N3OS3/c1-14(2)18-9-7-17(8-10-18)12-27-21-24-25-22(29-21)28-13-20(26)23-19-11-15(3)5-6-16(19)4/h5-11,14H,12-13H2,1-4H3,(H,23,26). The van der Waals surface area contributed by atoms with Crippen LogP contribution in [0.4, 0.5) is 5.69 Å². The second-order valence-corrected chi connectivity index (χ2v) is 10.6. The van der Waals surface area contributed by atoms with Crippen molar-refractivity contribution in [2.75, 3.05) is 11.1 Å². The Bertz CT molecular complexity index is 968. The number of carbonyl (C=O) groups is 1. The number of hydrogen-bond donors (Lipinski definition) is 1. The topological polar surface area (TPSA) is 54.9 Å². The summed E-state index contributed by atoms with van der Waals surface area (Å²) in [6.07, 6.45) is 0. The van der Waals surface area contributed by atoms with Crippen LogP contribution in [0.5, 0.6) is 0 Å². The molecule has 1 heterocycles. The summed E-state index contributed by atoms with van der Waals surface area (Å²) in [4.78, 5) is 12.3. The van der Waals surface area contributed by atoms with Crippen LogP contribution in [0.2, 0.25) is 0 Å². The van der Waals surface area contributed by atoms with Gasteiger partial charge in [-0.15, -0.1) is 10.2 Å². The van der Waals surface area contributed by atoms with E-state index in [2.05, 4.69) is 53.6 Å². The lowest BCUT2D eigenvalue weighted by atomic mass is 10.0. The Morgan fingerprint density at radius 2 is 1.72 bits per heavy atom. The van der Waals surface area contributed by atoms with Gasteiger partial charge in [-0.2, -0.15) is 0 Å². The lowest BCUT2D eigenvalue weighted by Gasteiger charge is -2.08. The zero-order chi connectivity index (χ0) is 20.8. The van der Waals surface area contributed by atoms with Gasteiger partial charge in [0.05, 0.1) is 5.75 Å². The van der Waals surface area contributed by atoms with E-state index in [9.17, 15) is 4.79 Å². The van der Waals surface area contributed by atoms with Gasteiger partial charge in [-0.3, -0.25) is 4.79 Å². The third-order valence-electron chi connectivity index (χ3n) is 4.39. The predicted octanol–water partition coefficient (Wildman–Crippen LogP) is 6.30. The summed E-state index contributed by atoms with van der Waals surface area (Å²) in [5, 5.41) is 11.4. The molecule has 3 aromatic rings. The fourth-order valence-corrected chi connectivity index (χ4v) is 5.42. The molecule has 0 aliphatic rings. The van der Waals surface area contributed by atoms with E-state index in [1.807, 2.05) is 32.0 Å². The molecule has 0 fully saturated rings. The monoisotopic (exact) mass is 443 g/mol. The molecule has 4 nitrogen and oxygen atoms in total. The molecule has 1 N–H and O–H groups in total. The first-order valence-corrected chi connectivity index (χ1v) is 12.2. The van der Waals surface area contributed by atoms with Gasteiger partial charge in [-0.05, 0) is 48.1 Å². The smallest absolute Gasteiger partial charge is 0.234 e. The third-order valence-corrected chi connectivity index (χ3v) is 7.65. The summed E-state index contributed by atoms with van der Waals surface area (Å²) in [6, 6.07) is 14.8. The first-order valence-electron chi connectivity index (χ1n) is 9.46. The zero-order valence-electron chi connectivity index (χ0n) is 17.1. The van der Waals surface area contributed by atoms with Crippen molar-refractivity contribution in [1.82, 2.24) is 10.2 Å². The molecule has 0 radical (unpaired) electrons. The van der Waals surface area contributed by atoms with Crippen LogP contribution >= 0.6 is 34.9 Å². The van der Waals surface area contributed by atoms with Gasteiger partial charge in [-0.1, -0.05) is 85.1 Å². The van der Waals surface area contributed by atoms with E-state index < -0.39 is 0 Å². The molecular weight excluding hydrogens is 418 g/mol. The fourth-order valence-electron chi connectivity index (χ4n) is 2.64. The van der Waals surface area contributed by atoms with E-state index in [1.165, 1.54) is 34.2 Å². The van der Waals surface area contributed by atoms with Crippen molar-refractivity contribution >= 4 is 46.5 Å². The summed E-state index contributed by atoms with van der Waals surface area (Å²) in [5.74, 6) is 1.71. The highest BCUT2D eigenvalue weighted by Gasteiger charge is 2.10. The Morgan fingerprint density at radius 1 is 1.03 bits per heavy atom. The Morgan fingerprint density at radius 3 is 2.41 bits per heavy atom. The minimum atomic E-state index is -0.0293. The highest BCUT2D eigenvalue weighted by Crippen LogP contribution is 2.31. The van der Waals surface area contributed by atoms with Crippen molar-refractivity contribution in [2.24, 2.45) is 0 Å². The molecule has 152 valence electrons. The van der Waals surface area contributed by atoms with Crippen molar-refractivity contribution in [3.05, 3.63) is 64.7 Å². The van der Waals surface area contributed by atoms with E-state index in [4.69, 9.17) is 0 Å². The molecule has 0 saturated carbocycles. The quantitative estimate of drug-likeness (QED) is 0.414. The molecular formula is C22H25N3OS3. The largest absolute Gasteiger partial charge is 0.325 e. The number of nitrogens with one attached hydrogen (secondary N) is 1. The summed E-state index contributed by atoms with van der Waals surface area (Å²) in [6.45, 7) is 8.41. The van der Waals surface area contributed by atoms with Crippen LogP contribution in [-0.2, 0) is 10.5 Å². The van der Waals surface area contributed by atoms with Crippen LogP contribution in [0.3, 0.4) is 0 Å². The second-order valence-electron chi connectivity index (χ2n) is 7.17. The normalized spacial score (nSPS) is 11.1. The van der Waals surface area contributed by atoms with Crippen molar-refractivity contribution in [3.8, 4) is 0 Å². The molecule has 0 unspecified atom stereocenters. The number of rotatable bonds is 8. The van der Waals surface area contributed by atoms with Gasteiger partial charge in [0, 0.05) is 11.4 Å². The molecule has 2 aromatic carbocycles. The molecule has 0 aliphatic carbocycles. The van der Waals surface area contributed by atoms with Crippen molar-refractivity contribution in [1.29, 1.82) is 0 Å². The highest BCUT2D eigenvalue weighted by molar-refractivity contribution is 8.03. The molecule has 1 aromatic heterocycles. The summed E-state index contributed by atoms with van der Waals surface area (Å²) in [7, 11) is 0. The number of aromatic nitrogens is 2. The number of aryl methyl sites for hydroxylation is 2. The Balaban J connectivity index is 1.47. The van der Waals surface area contributed by atoms with Gasteiger partial charge in [0.15, 0.2) is 8.68 Å². The SMILES string of the molecule is Cc1ccc(C)c(NC(=O)CSc2nnc(SCc3ccc(C(C)C)cc3)s2)c1. The summed E-state index contributed by atoms with van der Waals surface area (Å²) in [5.41, 5.74) is 5.69.